The van der Waals surface area contributed by atoms with E-state index in [2.05, 4.69) is 160 Å². The average Bonchev–Trinajstić information content (AvgIpc) is 3.19. The third-order valence-electron chi connectivity index (χ3n) is 9.91. The van der Waals surface area contributed by atoms with Crippen LogP contribution in [-0.2, 0) is 0 Å². The first-order chi connectivity index (χ1) is 25.5. The molecular formula is C50H48N2. The van der Waals surface area contributed by atoms with Crippen LogP contribution >= 0.6 is 0 Å². The zero-order chi connectivity index (χ0) is 36.3. The minimum atomic E-state index is 0.458. The largest absolute Gasteiger partial charge is 0.405 e. The molecule has 0 fully saturated rings. The first-order valence-corrected chi connectivity index (χ1v) is 18.2. The summed E-state index contributed by atoms with van der Waals surface area (Å²) in [6.07, 6.45) is 22.3. The van der Waals surface area contributed by atoms with Gasteiger partial charge in [0.05, 0.1) is 0 Å². The van der Waals surface area contributed by atoms with E-state index in [1.165, 1.54) is 66.3 Å². The molecule has 0 radical (unpaired) electrons. The van der Waals surface area contributed by atoms with E-state index < -0.39 is 0 Å². The van der Waals surface area contributed by atoms with E-state index in [-0.39, 0.29) is 0 Å². The quantitative estimate of drug-likeness (QED) is 0.0945. The van der Waals surface area contributed by atoms with Crippen LogP contribution in [0.2, 0.25) is 0 Å². The fourth-order valence-corrected chi connectivity index (χ4v) is 7.05. The lowest BCUT2D eigenvalue weighted by atomic mass is 9.84. The lowest BCUT2D eigenvalue weighted by Gasteiger charge is -2.19. The fourth-order valence-electron chi connectivity index (χ4n) is 7.05. The maximum Gasteiger partial charge on any atom is 0.0125 e. The van der Waals surface area contributed by atoms with Crippen molar-refractivity contribution >= 4 is 37.9 Å². The van der Waals surface area contributed by atoms with E-state index in [4.69, 9.17) is 11.5 Å². The van der Waals surface area contributed by atoms with Gasteiger partial charge in [-0.1, -0.05) is 184 Å². The molecule has 0 spiro atoms. The molecule has 0 amide bonds. The van der Waals surface area contributed by atoms with E-state index >= 15 is 0 Å². The number of hydrogen-bond acceptors (Lipinski definition) is 2. The number of fused-ring (bicyclic) bond motifs is 3. The third kappa shape index (κ3) is 7.93. The Morgan fingerprint density at radius 1 is 0.673 bits per heavy atom. The molecular weight excluding hydrogens is 629 g/mol. The maximum absolute atomic E-state index is 6.60. The van der Waals surface area contributed by atoms with E-state index in [1.807, 2.05) is 30.4 Å². The first-order valence-electron chi connectivity index (χ1n) is 18.2. The summed E-state index contributed by atoms with van der Waals surface area (Å²) in [4.78, 5) is 0. The topological polar surface area (TPSA) is 52.0 Å². The molecule has 0 aliphatic carbocycles. The van der Waals surface area contributed by atoms with Crippen molar-refractivity contribution in [2.24, 2.45) is 17.4 Å². The standard InChI is InChI=1S/C50H48N2/c1-4-6-8-18-37(36(3)5-2)28-33-41(35-42(52)21-9-7-16-34-51)38-29-31-40(32-30-38)49-45-23-12-14-25-47(45)50(48-26-15-13-24-46(48)49)44-27-17-20-39-19-10-11-22-43(39)44/h4,6-20,22-27,29-36H,1,5,21,28,51-52H2,2-3H3/b8-6-,9-7-,34-16-,37-18-,41-33+,42-35-. The zero-order valence-electron chi connectivity index (χ0n) is 30.3. The fraction of sp³-hybridized carbons (Fsp3) is 0.120. The smallest absolute Gasteiger partial charge is 0.0125 e. The van der Waals surface area contributed by atoms with Crippen LogP contribution in [0.3, 0.4) is 0 Å². The molecule has 2 heteroatoms. The predicted molar refractivity (Wildman–Crippen MR) is 229 cm³/mol. The van der Waals surface area contributed by atoms with Crippen LogP contribution < -0.4 is 11.5 Å². The van der Waals surface area contributed by atoms with Gasteiger partial charge in [-0.2, -0.15) is 0 Å². The number of rotatable bonds is 13. The van der Waals surface area contributed by atoms with Crippen LogP contribution in [0.25, 0.3) is 60.1 Å². The molecule has 0 aromatic heterocycles. The van der Waals surface area contributed by atoms with Crippen molar-refractivity contribution in [3.05, 3.63) is 200 Å². The van der Waals surface area contributed by atoms with Crippen LogP contribution in [-0.4, -0.2) is 0 Å². The highest BCUT2D eigenvalue weighted by atomic mass is 14.6. The van der Waals surface area contributed by atoms with Gasteiger partial charge >= 0.3 is 0 Å². The number of benzene rings is 6. The molecule has 52 heavy (non-hydrogen) atoms. The minimum absolute atomic E-state index is 0.458. The Bertz CT molecular complexity index is 2320. The van der Waals surface area contributed by atoms with Gasteiger partial charge in [-0.15, -0.1) is 0 Å². The maximum atomic E-state index is 6.60. The lowest BCUT2D eigenvalue weighted by Crippen LogP contribution is -1.99. The summed E-state index contributed by atoms with van der Waals surface area (Å²) in [6, 6.07) is 42.0. The predicted octanol–water partition coefficient (Wildman–Crippen LogP) is 13.2. The van der Waals surface area contributed by atoms with Crippen LogP contribution in [0.5, 0.6) is 0 Å². The van der Waals surface area contributed by atoms with Crippen LogP contribution in [0.15, 0.2) is 194 Å². The Labute approximate surface area is 309 Å². The summed E-state index contributed by atoms with van der Waals surface area (Å²) >= 11 is 0. The van der Waals surface area contributed by atoms with Crippen molar-refractivity contribution in [1.29, 1.82) is 0 Å². The SMILES string of the molecule is C=C/C=C\C=C(\C/C=C(\C=C(/N)C/C=C\C=C/N)c1ccc(-c2c3ccccc3c(-c3cccc4ccccc34)c3ccccc23)cc1)C(C)CC. The number of allylic oxidation sites excluding steroid dienone is 11. The molecule has 6 aromatic rings. The van der Waals surface area contributed by atoms with E-state index in [0.29, 0.717) is 12.3 Å². The Morgan fingerprint density at radius 2 is 1.29 bits per heavy atom. The van der Waals surface area contributed by atoms with Gasteiger partial charge < -0.3 is 11.5 Å². The van der Waals surface area contributed by atoms with Crippen LogP contribution in [0, 0.1) is 5.92 Å². The van der Waals surface area contributed by atoms with Gasteiger partial charge in [0.1, 0.15) is 0 Å². The van der Waals surface area contributed by atoms with Crippen molar-refractivity contribution < 1.29 is 0 Å². The van der Waals surface area contributed by atoms with Crippen LogP contribution in [0.1, 0.15) is 38.7 Å². The summed E-state index contributed by atoms with van der Waals surface area (Å²) in [7, 11) is 0. The second-order valence-corrected chi connectivity index (χ2v) is 13.2. The summed E-state index contributed by atoms with van der Waals surface area (Å²) in [5, 5.41) is 7.49. The third-order valence-corrected chi connectivity index (χ3v) is 9.91. The highest BCUT2D eigenvalue weighted by Crippen LogP contribution is 2.45. The molecule has 0 bridgehead atoms. The highest BCUT2D eigenvalue weighted by Gasteiger charge is 2.18. The Hall–Kier alpha value is -6.12. The van der Waals surface area contributed by atoms with E-state index in [0.717, 1.165) is 29.7 Å². The molecule has 258 valence electrons. The molecule has 1 unspecified atom stereocenters. The van der Waals surface area contributed by atoms with Crippen molar-refractivity contribution in [2.75, 3.05) is 0 Å². The van der Waals surface area contributed by atoms with Gasteiger partial charge in [0.2, 0.25) is 0 Å². The lowest BCUT2D eigenvalue weighted by molar-refractivity contribution is 0.642. The van der Waals surface area contributed by atoms with Crippen molar-refractivity contribution in [2.45, 2.75) is 33.1 Å². The molecule has 0 aliphatic rings. The molecule has 0 saturated heterocycles. The second kappa shape index (κ2) is 17.2. The van der Waals surface area contributed by atoms with Crippen molar-refractivity contribution in [3.63, 3.8) is 0 Å². The average molecular weight is 677 g/mol. The summed E-state index contributed by atoms with van der Waals surface area (Å²) in [5.41, 5.74) is 21.5. The Morgan fingerprint density at radius 3 is 1.92 bits per heavy atom. The van der Waals surface area contributed by atoms with Gasteiger partial charge in [-0.25, -0.2) is 0 Å². The zero-order valence-corrected chi connectivity index (χ0v) is 30.3. The van der Waals surface area contributed by atoms with Crippen molar-refractivity contribution in [3.8, 4) is 22.3 Å². The molecule has 1 atom stereocenters. The van der Waals surface area contributed by atoms with Gasteiger partial charge in [0, 0.05) is 12.1 Å². The van der Waals surface area contributed by atoms with Gasteiger partial charge in [0.15, 0.2) is 0 Å². The van der Waals surface area contributed by atoms with Gasteiger partial charge in [-0.05, 0) is 103 Å². The monoisotopic (exact) mass is 676 g/mol. The summed E-state index contributed by atoms with van der Waals surface area (Å²) in [6.45, 7) is 8.36. The van der Waals surface area contributed by atoms with E-state index in [9.17, 15) is 0 Å². The second-order valence-electron chi connectivity index (χ2n) is 13.2. The Balaban J connectivity index is 1.48. The molecule has 0 heterocycles. The summed E-state index contributed by atoms with van der Waals surface area (Å²) in [5.74, 6) is 0.458. The van der Waals surface area contributed by atoms with Crippen LogP contribution in [0.4, 0.5) is 0 Å². The molecule has 6 rings (SSSR count). The first kappa shape index (κ1) is 35.7. The molecule has 0 saturated carbocycles. The highest BCUT2D eigenvalue weighted by molar-refractivity contribution is 6.23. The number of hydrogen-bond donors (Lipinski definition) is 2. The van der Waals surface area contributed by atoms with Gasteiger partial charge in [0.25, 0.3) is 0 Å². The van der Waals surface area contributed by atoms with E-state index in [1.54, 1.807) is 0 Å². The molecule has 6 aromatic carbocycles. The normalized spacial score (nSPS) is 13.7. The minimum Gasteiger partial charge on any atom is -0.405 e. The molecule has 0 aliphatic heterocycles. The van der Waals surface area contributed by atoms with Gasteiger partial charge in [-0.3, -0.25) is 0 Å². The molecule has 2 nitrogen and oxygen atoms in total. The molecule has 4 N–H and O–H groups in total. The number of nitrogens with two attached hydrogens (primary N) is 2. The summed E-state index contributed by atoms with van der Waals surface area (Å²) < 4.78 is 0. The Kier molecular flexibility index (Phi) is 11.8. The van der Waals surface area contributed by atoms with Crippen molar-refractivity contribution in [1.82, 2.24) is 0 Å².